The third-order valence-electron chi connectivity index (χ3n) is 5.17. The molecule has 148 valence electrons. The Balaban J connectivity index is 1.33. The molecule has 0 saturated heterocycles. The Labute approximate surface area is 175 Å². The van der Waals surface area contributed by atoms with E-state index < -0.39 is 0 Å². The lowest BCUT2D eigenvalue weighted by Crippen LogP contribution is -2.10. The Morgan fingerprint density at radius 3 is 2.70 bits per heavy atom. The maximum absolute atomic E-state index is 12.5. The fourth-order valence-corrected chi connectivity index (χ4v) is 4.28. The summed E-state index contributed by atoms with van der Waals surface area (Å²) in [7, 11) is 0. The molecule has 0 unspecified atom stereocenters. The Hall–Kier alpha value is -3.39. The molecule has 0 atom stereocenters. The molecule has 7 nitrogen and oxygen atoms in total. The summed E-state index contributed by atoms with van der Waals surface area (Å²) in [6.45, 7) is 0. The summed E-state index contributed by atoms with van der Waals surface area (Å²) in [5.74, 6) is 2.52. The van der Waals surface area contributed by atoms with Gasteiger partial charge < -0.3 is 9.40 Å². The van der Waals surface area contributed by atoms with Crippen LogP contribution in [0.4, 0.5) is 0 Å². The molecule has 5 aromatic rings. The van der Waals surface area contributed by atoms with Gasteiger partial charge in [0.1, 0.15) is 22.7 Å². The van der Waals surface area contributed by atoms with Crippen molar-refractivity contribution in [3.05, 3.63) is 76.6 Å². The standard InChI is InChI=1S/C22H17N5O2S/c28-21-19-18(15-8-4-5-9-16(15)29-19)23-17(24-21)12-30-22-25-20(13-10-11-13)27(26-22)14-6-2-1-3-7-14/h1-9,13H,10-12H2,(H,23,24,28). The highest BCUT2D eigenvalue weighted by Gasteiger charge is 2.30. The van der Waals surface area contributed by atoms with Gasteiger partial charge in [0.05, 0.1) is 11.4 Å². The van der Waals surface area contributed by atoms with Crippen molar-refractivity contribution >= 4 is 33.8 Å². The molecule has 2 aromatic carbocycles. The van der Waals surface area contributed by atoms with E-state index in [0.29, 0.717) is 33.8 Å². The second kappa shape index (κ2) is 6.84. The summed E-state index contributed by atoms with van der Waals surface area (Å²) in [6, 6.07) is 17.6. The fraction of sp³-hybridized carbons (Fsp3) is 0.182. The number of nitrogens with one attached hydrogen (secondary N) is 1. The van der Waals surface area contributed by atoms with E-state index >= 15 is 0 Å². The molecule has 8 heteroatoms. The van der Waals surface area contributed by atoms with Crippen LogP contribution in [0.25, 0.3) is 27.8 Å². The molecule has 0 bridgehead atoms. The van der Waals surface area contributed by atoms with Crippen LogP contribution in [0.2, 0.25) is 0 Å². The van der Waals surface area contributed by atoms with Crippen LogP contribution in [0.1, 0.15) is 30.4 Å². The van der Waals surface area contributed by atoms with Crippen LogP contribution < -0.4 is 5.56 Å². The maximum atomic E-state index is 12.5. The molecule has 1 aliphatic carbocycles. The van der Waals surface area contributed by atoms with E-state index in [2.05, 4.69) is 9.97 Å². The van der Waals surface area contributed by atoms with Crippen LogP contribution in [0, 0.1) is 0 Å². The van der Waals surface area contributed by atoms with Gasteiger partial charge in [-0.15, -0.1) is 5.10 Å². The van der Waals surface area contributed by atoms with Crippen LogP contribution in [-0.4, -0.2) is 24.7 Å². The number of nitrogens with zero attached hydrogens (tertiary/aromatic N) is 4. The van der Waals surface area contributed by atoms with Gasteiger partial charge in [-0.1, -0.05) is 42.1 Å². The Kier molecular flexibility index (Phi) is 3.98. The number of thioether (sulfide) groups is 1. The summed E-state index contributed by atoms with van der Waals surface area (Å²) in [5, 5.41) is 6.23. The largest absolute Gasteiger partial charge is 0.449 e. The average molecular weight is 415 g/mol. The summed E-state index contributed by atoms with van der Waals surface area (Å²) < 4.78 is 7.59. The van der Waals surface area contributed by atoms with E-state index in [-0.39, 0.29) is 11.1 Å². The zero-order valence-electron chi connectivity index (χ0n) is 15.9. The number of rotatable bonds is 5. The lowest BCUT2D eigenvalue weighted by Gasteiger charge is -2.03. The van der Waals surface area contributed by atoms with Gasteiger partial charge in [-0.3, -0.25) is 4.79 Å². The minimum Gasteiger partial charge on any atom is -0.449 e. The van der Waals surface area contributed by atoms with Gasteiger partial charge in [0.25, 0.3) is 5.56 Å². The summed E-state index contributed by atoms with van der Waals surface area (Å²) >= 11 is 1.47. The Morgan fingerprint density at radius 1 is 1.07 bits per heavy atom. The van der Waals surface area contributed by atoms with E-state index in [1.165, 1.54) is 11.8 Å². The predicted molar refractivity (Wildman–Crippen MR) is 115 cm³/mol. The number of furan rings is 1. The molecule has 1 saturated carbocycles. The van der Waals surface area contributed by atoms with Gasteiger partial charge in [0.2, 0.25) is 10.7 Å². The van der Waals surface area contributed by atoms with Crippen molar-refractivity contribution in [1.82, 2.24) is 24.7 Å². The van der Waals surface area contributed by atoms with E-state index in [1.807, 2.05) is 59.3 Å². The van der Waals surface area contributed by atoms with Crippen molar-refractivity contribution in [3.8, 4) is 5.69 Å². The van der Waals surface area contributed by atoms with Gasteiger partial charge in [0.15, 0.2) is 0 Å². The third kappa shape index (κ3) is 3.00. The second-order valence-corrected chi connectivity index (χ2v) is 8.29. The normalized spacial score (nSPS) is 14.0. The molecule has 0 radical (unpaired) electrons. The number of hydrogen-bond acceptors (Lipinski definition) is 6. The predicted octanol–water partition coefficient (Wildman–Crippen LogP) is 4.42. The number of hydrogen-bond donors (Lipinski definition) is 1. The third-order valence-corrected chi connectivity index (χ3v) is 6.02. The molecule has 0 aliphatic heterocycles. The molecule has 1 aliphatic rings. The van der Waals surface area contributed by atoms with Crippen LogP contribution in [0.5, 0.6) is 0 Å². The molecule has 0 amide bonds. The lowest BCUT2D eigenvalue weighted by molar-refractivity contribution is 0.660. The van der Waals surface area contributed by atoms with Crippen molar-refractivity contribution in [1.29, 1.82) is 0 Å². The summed E-state index contributed by atoms with van der Waals surface area (Å²) in [5.41, 5.74) is 2.25. The topological polar surface area (TPSA) is 89.6 Å². The quantitative estimate of drug-likeness (QED) is 0.428. The molecule has 3 heterocycles. The van der Waals surface area contributed by atoms with E-state index in [0.717, 1.165) is 29.7 Å². The molecular weight excluding hydrogens is 398 g/mol. The number of aromatic nitrogens is 5. The molecule has 1 fully saturated rings. The van der Waals surface area contributed by atoms with E-state index in [9.17, 15) is 4.79 Å². The van der Waals surface area contributed by atoms with Gasteiger partial charge in [-0.2, -0.15) is 0 Å². The average Bonchev–Trinajstić information content (AvgIpc) is 3.42. The Bertz CT molecular complexity index is 1430. The number of benzene rings is 2. The molecule has 1 N–H and O–H groups in total. The van der Waals surface area contributed by atoms with E-state index in [1.54, 1.807) is 0 Å². The molecule has 3 aromatic heterocycles. The van der Waals surface area contributed by atoms with Gasteiger partial charge >= 0.3 is 0 Å². The highest BCUT2D eigenvalue weighted by molar-refractivity contribution is 7.98. The summed E-state index contributed by atoms with van der Waals surface area (Å²) in [6.07, 6.45) is 2.30. The lowest BCUT2D eigenvalue weighted by atomic mass is 10.2. The SMILES string of the molecule is O=c1[nH]c(CSc2nc(C3CC3)n(-c3ccccc3)n2)nc2c1oc1ccccc12. The molecule has 6 rings (SSSR count). The fourth-order valence-electron chi connectivity index (χ4n) is 3.58. The van der Waals surface area contributed by atoms with Crippen molar-refractivity contribution in [3.63, 3.8) is 0 Å². The highest BCUT2D eigenvalue weighted by Crippen LogP contribution is 2.40. The van der Waals surface area contributed by atoms with Crippen molar-refractivity contribution in [2.75, 3.05) is 0 Å². The molecule has 30 heavy (non-hydrogen) atoms. The first-order chi connectivity index (χ1) is 14.8. The maximum Gasteiger partial charge on any atom is 0.294 e. The van der Waals surface area contributed by atoms with Gasteiger partial charge in [-0.05, 0) is 37.1 Å². The minimum absolute atomic E-state index is 0.257. The number of aromatic amines is 1. The monoisotopic (exact) mass is 415 g/mol. The minimum atomic E-state index is -0.270. The van der Waals surface area contributed by atoms with Gasteiger partial charge in [0, 0.05) is 11.3 Å². The van der Waals surface area contributed by atoms with Crippen LogP contribution in [0.15, 0.2) is 69.0 Å². The van der Waals surface area contributed by atoms with Crippen LogP contribution in [0.3, 0.4) is 0 Å². The van der Waals surface area contributed by atoms with Crippen LogP contribution in [-0.2, 0) is 5.75 Å². The zero-order chi connectivity index (χ0) is 20.1. The van der Waals surface area contributed by atoms with Crippen LogP contribution >= 0.6 is 11.8 Å². The zero-order valence-corrected chi connectivity index (χ0v) is 16.7. The molecular formula is C22H17N5O2S. The molecule has 0 spiro atoms. The second-order valence-electron chi connectivity index (χ2n) is 7.35. The first-order valence-electron chi connectivity index (χ1n) is 9.82. The number of fused-ring (bicyclic) bond motifs is 3. The first-order valence-corrected chi connectivity index (χ1v) is 10.8. The smallest absolute Gasteiger partial charge is 0.294 e. The first kappa shape index (κ1) is 17.5. The van der Waals surface area contributed by atoms with Crippen molar-refractivity contribution in [2.24, 2.45) is 0 Å². The van der Waals surface area contributed by atoms with Crippen molar-refractivity contribution in [2.45, 2.75) is 29.7 Å². The summed E-state index contributed by atoms with van der Waals surface area (Å²) in [4.78, 5) is 24.7. The van der Waals surface area contributed by atoms with Crippen molar-refractivity contribution < 1.29 is 4.42 Å². The number of H-pyrrole nitrogens is 1. The van der Waals surface area contributed by atoms with Gasteiger partial charge in [-0.25, -0.2) is 14.6 Å². The Morgan fingerprint density at radius 2 is 1.87 bits per heavy atom. The number of para-hydroxylation sites is 2. The van der Waals surface area contributed by atoms with E-state index in [4.69, 9.17) is 14.5 Å². The highest BCUT2D eigenvalue weighted by atomic mass is 32.2.